The molecule has 1 unspecified atom stereocenters. The van der Waals surface area contributed by atoms with Crippen LogP contribution in [0.25, 0.3) is 0 Å². The van der Waals surface area contributed by atoms with Gasteiger partial charge in [0.05, 0.1) is 6.04 Å². The molecule has 0 spiro atoms. The number of benzene rings is 1. The van der Waals surface area contributed by atoms with Gasteiger partial charge in [0.2, 0.25) is 0 Å². The fraction of sp³-hybridized carbons (Fsp3) is 0.400. The van der Waals surface area contributed by atoms with Gasteiger partial charge in [0.1, 0.15) is 12.4 Å². The molecule has 2 saturated heterocycles. The van der Waals surface area contributed by atoms with Crippen molar-refractivity contribution in [2.45, 2.75) is 31.2 Å². The normalized spacial score (nSPS) is 21.4. The Balaban J connectivity index is 1.57. The Morgan fingerprint density at radius 2 is 1.88 bits per heavy atom. The van der Waals surface area contributed by atoms with Crippen molar-refractivity contribution < 1.29 is 9.53 Å². The first kappa shape index (κ1) is 16.1. The topological polar surface area (TPSA) is 54.5 Å². The van der Waals surface area contributed by atoms with Crippen molar-refractivity contribution in [3.05, 3.63) is 59.8 Å². The second kappa shape index (κ2) is 7.23. The Morgan fingerprint density at radius 3 is 2.68 bits per heavy atom. The van der Waals surface area contributed by atoms with E-state index in [4.69, 9.17) is 9.72 Å². The molecule has 2 aliphatic heterocycles. The average molecular weight is 337 g/mol. The molecule has 5 nitrogen and oxygen atoms in total. The molecule has 2 aromatic rings. The van der Waals surface area contributed by atoms with Crippen LogP contribution in [0.5, 0.6) is 0 Å². The molecule has 0 radical (unpaired) electrons. The zero-order chi connectivity index (χ0) is 17.1. The van der Waals surface area contributed by atoms with E-state index < -0.39 is 0 Å². The van der Waals surface area contributed by atoms with E-state index >= 15 is 0 Å². The van der Waals surface area contributed by atoms with E-state index in [0.717, 1.165) is 38.0 Å². The van der Waals surface area contributed by atoms with Gasteiger partial charge in [-0.05, 0) is 50.0 Å². The number of rotatable bonds is 4. The molecule has 1 amide bonds. The minimum absolute atomic E-state index is 0.00864. The lowest BCUT2D eigenvalue weighted by molar-refractivity contribution is 0.178. The summed E-state index contributed by atoms with van der Waals surface area (Å²) in [4.78, 5) is 18.9. The van der Waals surface area contributed by atoms with Crippen LogP contribution in [0.4, 0.5) is 10.6 Å². The third-order valence-corrected chi connectivity index (χ3v) is 5.04. The minimum Gasteiger partial charge on any atom is -0.447 e. The number of hydrogen-bond acceptors (Lipinski definition) is 4. The molecule has 0 bridgehead atoms. The van der Waals surface area contributed by atoms with Crippen LogP contribution >= 0.6 is 0 Å². The van der Waals surface area contributed by atoms with Crippen LogP contribution in [0.1, 0.15) is 30.0 Å². The summed E-state index contributed by atoms with van der Waals surface area (Å²) in [5.41, 5.74) is 2.28. The summed E-state index contributed by atoms with van der Waals surface area (Å²) in [5, 5.41) is 3.38. The summed E-state index contributed by atoms with van der Waals surface area (Å²) in [6, 6.07) is 16.2. The molecular weight excluding hydrogens is 314 g/mol. The predicted octanol–water partition coefficient (Wildman–Crippen LogP) is 3.12. The van der Waals surface area contributed by atoms with Crippen LogP contribution in [0.3, 0.4) is 0 Å². The molecule has 0 aliphatic carbocycles. The van der Waals surface area contributed by atoms with E-state index in [0.29, 0.717) is 18.3 Å². The molecule has 1 atom stereocenters. The molecule has 130 valence electrons. The van der Waals surface area contributed by atoms with Gasteiger partial charge in [-0.25, -0.2) is 9.78 Å². The summed E-state index contributed by atoms with van der Waals surface area (Å²) < 4.78 is 5.33. The van der Waals surface area contributed by atoms with Crippen LogP contribution in [0.2, 0.25) is 0 Å². The van der Waals surface area contributed by atoms with Gasteiger partial charge in [-0.2, -0.15) is 0 Å². The first-order valence-electron chi connectivity index (χ1n) is 8.99. The number of cyclic esters (lactones) is 1. The van der Waals surface area contributed by atoms with Crippen molar-refractivity contribution in [1.29, 1.82) is 0 Å². The van der Waals surface area contributed by atoms with E-state index in [1.165, 1.54) is 5.56 Å². The summed E-state index contributed by atoms with van der Waals surface area (Å²) in [5.74, 6) is 1.17. The number of anilines is 1. The first-order chi connectivity index (χ1) is 12.3. The van der Waals surface area contributed by atoms with E-state index in [9.17, 15) is 4.79 Å². The number of carbonyl (C=O) groups excluding carboxylic acids is 1. The second-order valence-electron chi connectivity index (χ2n) is 6.74. The molecule has 1 N–H and O–H groups in total. The average Bonchev–Trinajstić information content (AvgIpc) is 3.03. The molecule has 4 rings (SSSR count). The minimum atomic E-state index is -0.295. The van der Waals surface area contributed by atoms with Crippen LogP contribution in [-0.2, 0) is 11.2 Å². The lowest BCUT2D eigenvalue weighted by Gasteiger charge is -2.25. The van der Waals surface area contributed by atoms with E-state index in [-0.39, 0.29) is 12.1 Å². The number of hydrogen-bond donors (Lipinski definition) is 1. The fourth-order valence-corrected chi connectivity index (χ4v) is 3.70. The zero-order valence-electron chi connectivity index (χ0n) is 14.2. The molecule has 5 heteroatoms. The predicted molar refractivity (Wildman–Crippen MR) is 96.8 cm³/mol. The number of nitrogens with zero attached hydrogens (tertiary/aromatic N) is 2. The summed E-state index contributed by atoms with van der Waals surface area (Å²) in [7, 11) is 0. The maximum absolute atomic E-state index is 12.3. The second-order valence-corrected chi connectivity index (χ2v) is 6.74. The van der Waals surface area contributed by atoms with Crippen LogP contribution in [0.15, 0.2) is 48.5 Å². The molecule has 3 heterocycles. The van der Waals surface area contributed by atoms with Gasteiger partial charge in [-0.3, -0.25) is 4.90 Å². The van der Waals surface area contributed by atoms with Gasteiger partial charge in [-0.15, -0.1) is 0 Å². The molecular formula is C20H23N3O2. The highest BCUT2D eigenvalue weighted by Gasteiger charge is 2.35. The lowest BCUT2D eigenvalue weighted by Crippen LogP contribution is -2.36. The van der Waals surface area contributed by atoms with Gasteiger partial charge < -0.3 is 10.1 Å². The van der Waals surface area contributed by atoms with Crippen molar-refractivity contribution in [3.8, 4) is 0 Å². The largest absolute Gasteiger partial charge is 0.447 e. The highest BCUT2D eigenvalue weighted by Crippen LogP contribution is 2.28. The summed E-state index contributed by atoms with van der Waals surface area (Å²) in [6.45, 7) is 2.46. The number of carbonyl (C=O) groups is 1. The van der Waals surface area contributed by atoms with Crippen molar-refractivity contribution in [2.75, 3.05) is 24.6 Å². The Kier molecular flexibility index (Phi) is 4.65. The van der Waals surface area contributed by atoms with Gasteiger partial charge >= 0.3 is 6.09 Å². The quantitative estimate of drug-likeness (QED) is 0.931. The first-order valence-corrected chi connectivity index (χ1v) is 8.99. The standard InChI is InChI=1S/C20H23N3O2/c24-20-23(17(14-25-20)13-15-5-2-1-3-6-15)19-8-4-7-18(22-19)16-9-11-21-12-10-16/h1-8,16-17,21H,9-14H2. The monoisotopic (exact) mass is 337 g/mol. The number of aromatic nitrogens is 1. The van der Waals surface area contributed by atoms with Gasteiger partial charge in [0.15, 0.2) is 0 Å². The van der Waals surface area contributed by atoms with Crippen molar-refractivity contribution in [3.63, 3.8) is 0 Å². The molecule has 1 aromatic heterocycles. The third-order valence-electron chi connectivity index (χ3n) is 5.04. The van der Waals surface area contributed by atoms with Crippen molar-refractivity contribution >= 4 is 11.9 Å². The summed E-state index contributed by atoms with van der Waals surface area (Å²) in [6.07, 6.45) is 2.66. The maximum Gasteiger partial charge on any atom is 0.415 e. The molecule has 2 fully saturated rings. The zero-order valence-corrected chi connectivity index (χ0v) is 14.2. The van der Waals surface area contributed by atoms with Crippen LogP contribution < -0.4 is 10.2 Å². The third kappa shape index (κ3) is 3.51. The number of ether oxygens (including phenoxy) is 1. The Hall–Kier alpha value is -2.40. The van der Waals surface area contributed by atoms with Gasteiger partial charge in [0, 0.05) is 11.6 Å². The number of nitrogens with one attached hydrogen (secondary N) is 1. The van der Waals surface area contributed by atoms with Gasteiger partial charge in [-0.1, -0.05) is 36.4 Å². The molecule has 2 aliphatic rings. The highest BCUT2D eigenvalue weighted by molar-refractivity contribution is 5.89. The maximum atomic E-state index is 12.3. The number of pyridine rings is 1. The molecule has 25 heavy (non-hydrogen) atoms. The molecule has 0 saturated carbocycles. The SMILES string of the molecule is O=C1OCC(Cc2ccccc2)N1c1cccc(C2CCNCC2)n1. The molecule has 1 aromatic carbocycles. The Labute approximate surface area is 148 Å². The van der Waals surface area contributed by atoms with E-state index in [2.05, 4.69) is 23.5 Å². The van der Waals surface area contributed by atoms with E-state index in [1.54, 1.807) is 4.90 Å². The van der Waals surface area contributed by atoms with Crippen LogP contribution in [-0.4, -0.2) is 36.8 Å². The van der Waals surface area contributed by atoms with Crippen LogP contribution in [0, 0.1) is 0 Å². The Bertz CT molecular complexity index is 729. The highest BCUT2D eigenvalue weighted by atomic mass is 16.6. The van der Waals surface area contributed by atoms with E-state index in [1.807, 2.05) is 30.3 Å². The number of amides is 1. The smallest absolute Gasteiger partial charge is 0.415 e. The summed E-state index contributed by atoms with van der Waals surface area (Å²) >= 11 is 0. The van der Waals surface area contributed by atoms with Crippen molar-refractivity contribution in [1.82, 2.24) is 10.3 Å². The lowest BCUT2D eigenvalue weighted by atomic mass is 9.94. The van der Waals surface area contributed by atoms with Crippen molar-refractivity contribution in [2.24, 2.45) is 0 Å². The number of piperidine rings is 1. The van der Waals surface area contributed by atoms with Gasteiger partial charge in [0.25, 0.3) is 0 Å². The Morgan fingerprint density at radius 1 is 1.08 bits per heavy atom. The fourth-order valence-electron chi connectivity index (χ4n) is 3.70.